The molecular weight excluding hydrogens is 332 g/mol. The second kappa shape index (κ2) is 8.03. The minimum absolute atomic E-state index is 0.0598. The average molecular weight is 356 g/mol. The largest absolute Gasteiger partial charge is 0.497 e. The molecule has 2 aromatic rings. The number of carbonyl (C=O) groups excluding carboxylic acids is 1. The highest BCUT2D eigenvalue weighted by Crippen LogP contribution is 2.20. The monoisotopic (exact) mass is 356 g/mol. The summed E-state index contributed by atoms with van der Waals surface area (Å²) in [5.41, 5.74) is 1.61. The quantitative estimate of drug-likeness (QED) is 0.910. The molecule has 1 fully saturated rings. The molecule has 3 rings (SSSR count). The smallest absolute Gasteiger partial charge is 0.321 e. The van der Waals surface area contributed by atoms with E-state index in [0.717, 1.165) is 24.2 Å². The van der Waals surface area contributed by atoms with Gasteiger partial charge in [0, 0.05) is 49.4 Å². The number of urea groups is 1. The van der Waals surface area contributed by atoms with Gasteiger partial charge in [0.05, 0.1) is 7.11 Å². The fourth-order valence-electron chi connectivity index (χ4n) is 2.99. The summed E-state index contributed by atoms with van der Waals surface area (Å²) < 4.78 is 11.1. The summed E-state index contributed by atoms with van der Waals surface area (Å²) in [5, 5.41) is 2.91. The van der Waals surface area contributed by atoms with Gasteiger partial charge in [0.2, 0.25) is 5.88 Å². The van der Waals surface area contributed by atoms with Crippen LogP contribution in [-0.2, 0) is 0 Å². The van der Waals surface area contributed by atoms with E-state index >= 15 is 0 Å². The van der Waals surface area contributed by atoms with Crippen LogP contribution in [0.25, 0.3) is 0 Å². The van der Waals surface area contributed by atoms with Crippen molar-refractivity contribution in [3.05, 3.63) is 41.9 Å². The van der Waals surface area contributed by atoms with Crippen LogP contribution in [0.2, 0.25) is 0 Å². The number of hydrogen-bond acceptors (Lipinski definition) is 5. The molecule has 1 N–H and O–H groups in total. The van der Waals surface area contributed by atoms with Crippen molar-refractivity contribution in [1.82, 2.24) is 14.9 Å². The molecule has 2 heterocycles. The summed E-state index contributed by atoms with van der Waals surface area (Å²) in [5.74, 6) is 2.02. The highest BCUT2D eigenvalue weighted by Gasteiger charge is 2.24. The second-order valence-corrected chi connectivity index (χ2v) is 6.36. The van der Waals surface area contributed by atoms with Crippen molar-refractivity contribution in [3.63, 3.8) is 0 Å². The van der Waals surface area contributed by atoms with Gasteiger partial charge in [-0.05, 0) is 26.0 Å². The maximum absolute atomic E-state index is 12.4. The third-order valence-electron chi connectivity index (χ3n) is 4.28. The first-order valence-corrected chi connectivity index (χ1v) is 8.72. The van der Waals surface area contributed by atoms with Crippen LogP contribution >= 0.6 is 0 Å². The molecule has 7 heteroatoms. The summed E-state index contributed by atoms with van der Waals surface area (Å²) >= 11 is 0. The van der Waals surface area contributed by atoms with Crippen molar-refractivity contribution in [2.24, 2.45) is 0 Å². The minimum atomic E-state index is -0.106. The van der Waals surface area contributed by atoms with E-state index in [2.05, 4.69) is 15.3 Å². The number of methoxy groups -OCH3 is 1. The predicted octanol–water partition coefficient (Wildman–Crippen LogP) is 3.18. The molecule has 7 nitrogen and oxygen atoms in total. The van der Waals surface area contributed by atoms with Gasteiger partial charge in [0.1, 0.15) is 17.7 Å². The fraction of sp³-hybridized carbons (Fsp3) is 0.421. The lowest BCUT2D eigenvalue weighted by Crippen LogP contribution is -2.43. The van der Waals surface area contributed by atoms with Crippen molar-refractivity contribution in [2.45, 2.75) is 32.8 Å². The number of piperidine rings is 1. The van der Waals surface area contributed by atoms with E-state index < -0.39 is 0 Å². The van der Waals surface area contributed by atoms with Crippen LogP contribution < -0.4 is 14.8 Å². The number of nitrogens with zero attached hydrogens (tertiary/aromatic N) is 3. The molecule has 0 saturated carbocycles. The van der Waals surface area contributed by atoms with Crippen LogP contribution in [0.15, 0.2) is 30.3 Å². The molecule has 0 spiro atoms. The van der Waals surface area contributed by atoms with Crippen LogP contribution in [0, 0.1) is 13.8 Å². The topological polar surface area (TPSA) is 76.6 Å². The predicted molar refractivity (Wildman–Crippen MR) is 98.7 cm³/mol. The summed E-state index contributed by atoms with van der Waals surface area (Å²) in [7, 11) is 1.60. The second-order valence-electron chi connectivity index (χ2n) is 6.36. The van der Waals surface area contributed by atoms with Gasteiger partial charge < -0.3 is 19.7 Å². The Morgan fingerprint density at radius 1 is 1.19 bits per heavy atom. The molecule has 0 bridgehead atoms. The van der Waals surface area contributed by atoms with Crippen molar-refractivity contribution >= 4 is 11.7 Å². The lowest BCUT2D eigenvalue weighted by atomic mass is 10.1. The molecule has 1 aliphatic heterocycles. The van der Waals surface area contributed by atoms with E-state index in [9.17, 15) is 4.79 Å². The highest BCUT2D eigenvalue weighted by atomic mass is 16.5. The molecule has 1 aromatic heterocycles. The Balaban J connectivity index is 1.52. The molecule has 1 aliphatic rings. The van der Waals surface area contributed by atoms with Crippen LogP contribution in [0.4, 0.5) is 10.5 Å². The van der Waals surface area contributed by atoms with E-state index in [0.29, 0.717) is 30.5 Å². The Morgan fingerprint density at radius 2 is 1.96 bits per heavy atom. The van der Waals surface area contributed by atoms with E-state index in [-0.39, 0.29) is 12.1 Å². The van der Waals surface area contributed by atoms with Crippen molar-refractivity contribution < 1.29 is 14.3 Å². The van der Waals surface area contributed by atoms with Crippen LogP contribution in [0.1, 0.15) is 24.4 Å². The minimum Gasteiger partial charge on any atom is -0.497 e. The van der Waals surface area contributed by atoms with Gasteiger partial charge in [-0.2, -0.15) is 4.98 Å². The number of likely N-dealkylation sites (tertiary alicyclic amines) is 1. The van der Waals surface area contributed by atoms with E-state index in [1.54, 1.807) is 18.1 Å². The SMILES string of the molecule is COc1cccc(NC(=O)N2CCC(Oc3cc(C)nc(C)n3)CC2)c1. The Morgan fingerprint density at radius 3 is 2.65 bits per heavy atom. The molecule has 0 radical (unpaired) electrons. The summed E-state index contributed by atoms with van der Waals surface area (Å²) in [6.45, 7) is 5.06. The third kappa shape index (κ3) is 4.62. The number of nitrogens with one attached hydrogen (secondary N) is 1. The van der Waals surface area contributed by atoms with E-state index in [1.807, 2.05) is 38.1 Å². The highest BCUT2D eigenvalue weighted by molar-refractivity contribution is 5.89. The van der Waals surface area contributed by atoms with E-state index in [4.69, 9.17) is 9.47 Å². The van der Waals surface area contributed by atoms with Crippen molar-refractivity contribution in [3.8, 4) is 11.6 Å². The maximum Gasteiger partial charge on any atom is 0.321 e. The van der Waals surface area contributed by atoms with Crippen molar-refractivity contribution in [2.75, 3.05) is 25.5 Å². The molecule has 138 valence electrons. The summed E-state index contributed by atoms with van der Waals surface area (Å²) in [4.78, 5) is 22.8. The number of hydrogen-bond donors (Lipinski definition) is 1. The van der Waals surface area contributed by atoms with Crippen LogP contribution in [-0.4, -0.2) is 47.2 Å². The van der Waals surface area contributed by atoms with E-state index in [1.165, 1.54) is 0 Å². The average Bonchev–Trinajstić information content (AvgIpc) is 2.61. The van der Waals surface area contributed by atoms with Gasteiger partial charge >= 0.3 is 6.03 Å². The van der Waals surface area contributed by atoms with Crippen molar-refractivity contribution in [1.29, 1.82) is 0 Å². The summed E-state index contributed by atoms with van der Waals surface area (Å²) in [6, 6.07) is 9.07. The Bertz CT molecular complexity index is 753. The maximum atomic E-state index is 12.4. The zero-order chi connectivity index (χ0) is 18.5. The number of ether oxygens (including phenoxy) is 2. The third-order valence-corrected chi connectivity index (χ3v) is 4.28. The molecule has 0 aliphatic carbocycles. The Kier molecular flexibility index (Phi) is 5.55. The normalized spacial score (nSPS) is 14.8. The number of benzene rings is 1. The number of aryl methyl sites for hydroxylation is 2. The number of anilines is 1. The fourth-order valence-corrected chi connectivity index (χ4v) is 2.99. The number of amides is 2. The number of carbonyl (C=O) groups is 1. The first kappa shape index (κ1) is 18.0. The van der Waals surface area contributed by atoms with Crippen LogP contribution in [0.5, 0.6) is 11.6 Å². The molecular formula is C19H24N4O3. The molecule has 26 heavy (non-hydrogen) atoms. The standard InChI is InChI=1S/C19H24N4O3/c1-13-11-18(21-14(2)20-13)26-16-7-9-23(10-8-16)19(24)22-15-5-4-6-17(12-15)25-3/h4-6,11-12,16H,7-10H2,1-3H3,(H,22,24). The lowest BCUT2D eigenvalue weighted by molar-refractivity contribution is 0.111. The molecule has 2 amide bonds. The zero-order valence-corrected chi connectivity index (χ0v) is 15.4. The van der Waals surface area contributed by atoms with Gasteiger partial charge in [-0.15, -0.1) is 0 Å². The lowest BCUT2D eigenvalue weighted by Gasteiger charge is -2.32. The van der Waals surface area contributed by atoms with Gasteiger partial charge in [0.25, 0.3) is 0 Å². The first-order valence-electron chi connectivity index (χ1n) is 8.72. The molecule has 0 atom stereocenters. The Labute approximate surface area is 153 Å². The molecule has 1 saturated heterocycles. The van der Waals surface area contributed by atoms with Gasteiger partial charge in [-0.1, -0.05) is 6.07 Å². The summed E-state index contributed by atoms with van der Waals surface area (Å²) in [6.07, 6.45) is 1.60. The molecule has 0 unspecified atom stereocenters. The Hall–Kier alpha value is -2.83. The molecule has 1 aromatic carbocycles. The van der Waals surface area contributed by atoms with Gasteiger partial charge in [-0.3, -0.25) is 0 Å². The first-order chi connectivity index (χ1) is 12.5. The van der Waals surface area contributed by atoms with Crippen LogP contribution in [0.3, 0.4) is 0 Å². The zero-order valence-electron chi connectivity index (χ0n) is 15.4. The number of aromatic nitrogens is 2. The number of rotatable bonds is 4. The van der Waals surface area contributed by atoms with Gasteiger partial charge in [-0.25, -0.2) is 9.78 Å². The van der Waals surface area contributed by atoms with Gasteiger partial charge in [0.15, 0.2) is 0 Å².